The summed E-state index contributed by atoms with van der Waals surface area (Å²) in [6, 6.07) is 2.96. The number of halogens is 1. The predicted octanol–water partition coefficient (Wildman–Crippen LogP) is 0.488. The highest BCUT2D eigenvalue weighted by molar-refractivity contribution is 7.89. The third-order valence-corrected chi connectivity index (χ3v) is 6.10. The predicted molar refractivity (Wildman–Crippen MR) is 65.9 cm³/mol. The monoisotopic (exact) mass is 294 g/mol. The van der Waals surface area contributed by atoms with Crippen LogP contribution in [0.25, 0.3) is 0 Å². The molecule has 1 aliphatic rings. The first-order valence-corrected chi connectivity index (χ1v) is 8.28. The normalized spacial score (nSPS) is 19.4. The Kier molecular flexibility index (Phi) is 3.82. The molecular weight excluding hydrogens is 284 g/mol. The van der Waals surface area contributed by atoms with Gasteiger partial charge in [0, 0.05) is 41.6 Å². The van der Waals surface area contributed by atoms with Gasteiger partial charge < -0.3 is 0 Å². The minimum absolute atomic E-state index is 0.00866. The molecule has 1 aromatic rings. The number of hydrogen-bond donors (Lipinski definition) is 0. The van der Waals surface area contributed by atoms with Crippen LogP contribution in [0.15, 0.2) is 23.2 Å². The molecule has 0 aliphatic carbocycles. The fourth-order valence-corrected chi connectivity index (χ4v) is 4.72. The lowest BCUT2D eigenvalue weighted by Crippen LogP contribution is -2.41. The van der Waals surface area contributed by atoms with E-state index in [1.807, 2.05) is 0 Å². The molecule has 2 rings (SSSR count). The van der Waals surface area contributed by atoms with Crippen LogP contribution in [0.1, 0.15) is 0 Å². The highest BCUT2D eigenvalue weighted by Crippen LogP contribution is 2.22. The Morgan fingerprint density at radius 2 is 2.00 bits per heavy atom. The van der Waals surface area contributed by atoms with E-state index in [2.05, 4.69) is 4.98 Å². The molecule has 0 amide bonds. The molecule has 0 aromatic carbocycles. The van der Waals surface area contributed by atoms with Crippen LogP contribution in [0.4, 0.5) is 0 Å². The maximum Gasteiger partial charge on any atom is 0.246 e. The van der Waals surface area contributed by atoms with Crippen LogP contribution in [0.3, 0.4) is 0 Å². The lowest BCUT2D eigenvalue weighted by molar-refractivity contribution is 0.438. The van der Waals surface area contributed by atoms with Crippen LogP contribution in [-0.2, 0) is 20.8 Å². The molecule has 17 heavy (non-hydrogen) atoms. The molecule has 0 saturated carbocycles. The Morgan fingerprint density at radius 3 is 2.59 bits per heavy atom. The Balaban J connectivity index is 2.31. The molecule has 1 fully saturated rings. The fourth-order valence-electron chi connectivity index (χ4n) is 1.56. The molecule has 2 heterocycles. The topological polar surface area (TPSA) is 67.3 Å². The maximum atomic E-state index is 12.2. The Hall–Kier alpha value is -0.500. The third-order valence-electron chi connectivity index (χ3n) is 2.48. The highest BCUT2D eigenvalue weighted by Gasteiger charge is 2.29. The zero-order chi connectivity index (χ0) is 12.5. The van der Waals surface area contributed by atoms with Crippen LogP contribution < -0.4 is 0 Å². The maximum absolute atomic E-state index is 12.2. The van der Waals surface area contributed by atoms with Gasteiger partial charge in [-0.25, -0.2) is 13.4 Å². The summed E-state index contributed by atoms with van der Waals surface area (Å²) in [7, 11) is -4.52. The molecule has 0 N–H and O–H groups in total. The summed E-state index contributed by atoms with van der Waals surface area (Å²) in [5.74, 6) is 0.744. The van der Waals surface area contributed by atoms with E-state index in [0.29, 0.717) is 11.5 Å². The first-order chi connectivity index (χ1) is 8.01. The molecule has 0 unspecified atom stereocenters. The minimum atomic E-state index is -3.61. The van der Waals surface area contributed by atoms with Crippen molar-refractivity contribution in [3.63, 3.8) is 0 Å². The lowest BCUT2D eigenvalue weighted by Gasteiger charge is -2.25. The van der Waals surface area contributed by atoms with Gasteiger partial charge in [0.25, 0.3) is 0 Å². The van der Waals surface area contributed by atoms with Crippen molar-refractivity contribution in [1.82, 2.24) is 9.29 Å². The quantitative estimate of drug-likeness (QED) is 0.745. The van der Waals surface area contributed by atoms with Crippen molar-refractivity contribution in [3.05, 3.63) is 23.5 Å². The van der Waals surface area contributed by atoms with Crippen molar-refractivity contribution in [2.45, 2.75) is 4.90 Å². The second kappa shape index (κ2) is 5.01. The molecule has 5 nitrogen and oxygen atoms in total. The zero-order valence-corrected chi connectivity index (χ0v) is 11.3. The van der Waals surface area contributed by atoms with Crippen LogP contribution >= 0.6 is 11.6 Å². The molecule has 1 aromatic heterocycles. The Bertz CT molecular complexity index is 537. The van der Waals surface area contributed by atoms with E-state index in [1.54, 1.807) is 0 Å². The fraction of sp³-hybridized carbons (Fsp3) is 0.444. The smallest absolute Gasteiger partial charge is 0.246 e. The SMILES string of the molecule is O=S1CCN(S(=O)(=O)c2cccnc2Cl)CC1. The first kappa shape index (κ1) is 12.9. The second-order valence-electron chi connectivity index (χ2n) is 3.54. The summed E-state index contributed by atoms with van der Waals surface area (Å²) in [5.41, 5.74) is 0. The lowest BCUT2D eigenvalue weighted by atomic mass is 10.5. The largest absolute Gasteiger partial charge is 0.259 e. The summed E-state index contributed by atoms with van der Waals surface area (Å²) >= 11 is 5.78. The van der Waals surface area contributed by atoms with E-state index >= 15 is 0 Å². The molecule has 1 saturated heterocycles. The van der Waals surface area contributed by atoms with Gasteiger partial charge in [-0.15, -0.1) is 0 Å². The summed E-state index contributed by atoms with van der Waals surface area (Å²) < 4.78 is 36.9. The van der Waals surface area contributed by atoms with Gasteiger partial charge in [-0.05, 0) is 12.1 Å². The number of pyridine rings is 1. The number of sulfonamides is 1. The van der Waals surface area contributed by atoms with Gasteiger partial charge in [0.2, 0.25) is 10.0 Å². The van der Waals surface area contributed by atoms with Gasteiger partial charge in [0.05, 0.1) is 0 Å². The van der Waals surface area contributed by atoms with Gasteiger partial charge in [-0.2, -0.15) is 4.31 Å². The Labute approximate surface area is 107 Å². The van der Waals surface area contributed by atoms with Gasteiger partial charge in [0.15, 0.2) is 0 Å². The highest BCUT2D eigenvalue weighted by atomic mass is 35.5. The van der Waals surface area contributed by atoms with Gasteiger partial charge in [-0.1, -0.05) is 11.6 Å². The number of hydrogen-bond acceptors (Lipinski definition) is 4. The number of aromatic nitrogens is 1. The van der Waals surface area contributed by atoms with E-state index in [4.69, 9.17) is 11.6 Å². The molecule has 8 heteroatoms. The summed E-state index contributed by atoms with van der Waals surface area (Å²) in [6.45, 7) is 0.528. The van der Waals surface area contributed by atoms with Crippen molar-refractivity contribution in [2.24, 2.45) is 0 Å². The van der Waals surface area contributed by atoms with Crippen LogP contribution in [0.2, 0.25) is 5.15 Å². The van der Waals surface area contributed by atoms with Gasteiger partial charge >= 0.3 is 0 Å². The molecule has 94 valence electrons. The van der Waals surface area contributed by atoms with E-state index in [1.165, 1.54) is 22.6 Å². The van der Waals surface area contributed by atoms with Crippen LogP contribution in [0.5, 0.6) is 0 Å². The third kappa shape index (κ3) is 2.67. The molecule has 0 bridgehead atoms. The summed E-state index contributed by atoms with van der Waals surface area (Å²) in [5, 5.41) is -0.0285. The molecular formula is C9H11ClN2O3S2. The van der Waals surface area contributed by atoms with Crippen molar-refractivity contribution >= 4 is 32.4 Å². The number of rotatable bonds is 2. The Morgan fingerprint density at radius 1 is 1.35 bits per heavy atom. The minimum Gasteiger partial charge on any atom is -0.259 e. The number of nitrogens with zero attached hydrogens (tertiary/aromatic N) is 2. The van der Waals surface area contributed by atoms with E-state index in [0.717, 1.165) is 0 Å². The average Bonchev–Trinajstić information content (AvgIpc) is 2.30. The zero-order valence-electron chi connectivity index (χ0n) is 8.87. The molecule has 1 aliphatic heterocycles. The van der Waals surface area contributed by atoms with Crippen LogP contribution in [-0.4, -0.2) is 46.5 Å². The average molecular weight is 295 g/mol. The van der Waals surface area contributed by atoms with Crippen molar-refractivity contribution < 1.29 is 12.6 Å². The van der Waals surface area contributed by atoms with Crippen molar-refractivity contribution in [2.75, 3.05) is 24.6 Å². The van der Waals surface area contributed by atoms with Gasteiger partial charge in [-0.3, -0.25) is 4.21 Å². The van der Waals surface area contributed by atoms with E-state index in [-0.39, 0.29) is 23.1 Å². The second-order valence-corrected chi connectivity index (χ2v) is 7.51. The summed E-state index contributed by atoms with van der Waals surface area (Å²) in [4.78, 5) is 3.76. The first-order valence-electron chi connectivity index (χ1n) is 4.97. The summed E-state index contributed by atoms with van der Waals surface area (Å²) in [6.07, 6.45) is 1.44. The van der Waals surface area contributed by atoms with Gasteiger partial charge in [0.1, 0.15) is 10.0 Å². The molecule has 0 spiro atoms. The van der Waals surface area contributed by atoms with Crippen molar-refractivity contribution in [3.8, 4) is 0 Å². The van der Waals surface area contributed by atoms with E-state index in [9.17, 15) is 12.6 Å². The van der Waals surface area contributed by atoms with Crippen LogP contribution in [0, 0.1) is 0 Å². The molecule has 0 radical (unpaired) electrons. The van der Waals surface area contributed by atoms with E-state index < -0.39 is 20.8 Å². The molecule has 0 atom stereocenters. The van der Waals surface area contributed by atoms with Crippen molar-refractivity contribution in [1.29, 1.82) is 0 Å². The standard InChI is InChI=1S/C9H11ClN2O3S2/c10-9-8(2-1-3-11-9)17(14,15)12-4-6-16(13)7-5-12/h1-3H,4-7H2.